The van der Waals surface area contributed by atoms with E-state index < -0.39 is 5.91 Å². The van der Waals surface area contributed by atoms with Gasteiger partial charge in [-0.3, -0.25) is 9.59 Å². The average Bonchev–Trinajstić information content (AvgIpc) is 3.58. The first-order valence-electron chi connectivity index (χ1n) is 13.1. The first kappa shape index (κ1) is 26.2. The summed E-state index contributed by atoms with van der Waals surface area (Å²) in [4.78, 5) is 32.7. The van der Waals surface area contributed by atoms with Crippen molar-refractivity contribution in [3.63, 3.8) is 0 Å². The fourth-order valence-corrected chi connectivity index (χ4v) is 8.56. The molecule has 2 fully saturated rings. The highest BCUT2D eigenvalue weighted by Crippen LogP contribution is 2.42. The van der Waals surface area contributed by atoms with Crippen molar-refractivity contribution in [1.82, 2.24) is 4.98 Å². The summed E-state index contributed by atoms with van der Waals surface area (Å²) in [5.41, 5.74) is 13.5. The Labute approximate surface area is 237 Å². The van der Waals surface area contributed by atoms with Crippen molar-refractivity contribution in [2.75, 3.05) is 41.8 Å². The molecule has 1 saturated carbocycles. The fraction of sp³-hybridized carbons (Fsp3) is 0.370. The van der Waals surface area contributed by atoms with Crippen molar-refractivity contribution in [1.29, 1.82) is 0 Å². The Morgan fingerprint density at radius 3 is 2.69 bits per heavy atom. The SMILES string of the molecule is NC(=O)c1ncc(N[C@H]2CCCC[C@H]2[NH3+])cc1Nc1csc(-c2csc3c(=O)cc(N4CCOCC4)sc23)c1. The second kappa shape index (κ2) is 11.2. The van der Waals surface area contributed by atoms with Gasteiger partial charge in [-0.15, -0.1) is 34.0 Å². The monoisotopic (exact) mass is 583 g/mol. The Balaban J connectivity index is 1.28. The molecular weight excluding hydrogens is 553 g/mol. The molecule has 1 amide bonds. The summed E-state index contributed by atoms with van der Waals surface area (Å²) in [5.74, 6) is -0.587. The van der Waals surface area contributed by atoms with Crippen molar-refractivity contribution in [3.05, 3.63) is 51.1 Å². The summed E-state index contributed by atoms with van der Waals surface area (Å²) < 4.78 is 7.26. The largest absolute Gasteiger partial charge is 0.378 e. The van der Waals surface area contributed by atoms with Crippen LogP contribution in [0.4, 0.5) is 22.1 Å². The summed E-state index contributed by atoms with van der Waals surface area (Å²) in [6.07, 6.45) is 6.23. The maximum absolute atomic E-state index is 12.9. The summed E-state index contributed by atoms with van der Waals surface area (Å²) in [6.45, 7) is 2.91. The van der Waals surface area contributed by atoms with Gasteiger partial charge in [0.25, 0.3) is 5.91 Å². The number of anilines is 4. The number of pyridine rings is 1. The zero-order chi connectivity index (χ0) is 26.9. The third-order valence-electron chi connectivity index (χ3n) is 7.28. The van der Waals surface area contributed by atoms with Crippen molar-refractivity contribution < 1.29 is 15.3 Å². The van der Waals surface area contributed by atoms with E-state index in [0.29, 0.717) is 24.9 Å². The van der Waals surface area contributed by atoms with E-state index in [1.165, 1.54) is 24.2 Å². The van der Waals surface area contributed by atoms with Gasteiger partial charge in [-0.2, -0.15) is 0 Å². The first-order valence-corrected chi connectivity index (χ1v) is 15.7. The summed E-state index contributed by atoms with van der Waals surface area (Å²) in [7, 11) is 0. The van der Waals surface area contributed by atoms with E-state index in [-0.39, 0.29) is 17.2 Å². The second-order valence-corrected chi connectivity index (χ2v) is 12.8. The van der Waals surface area contributed by atoms with Crippen LogP contribution in [0.2, 0.25) is 0 Å². The standard InChI is InChI=1S/C27H30N6O3S3/c28-18-3-1-2-4-19(18)31-15-9-20(24(27(29)35)30-12-15)32-16-10-22(37-13-16)17-14-38-26-21(34)11-23(39-25(17)26)33-5-7-36-8-6-33/h9-14,18-19,31-32H,1-8,28H2,(H2,29,35)/p+1/t18-,19+/m1/s1. The molecule has 4 aromatic heterocycles. The van der Waals surface area contributed by atoms with Crippen molar-refractivity contribution in [2.45, 2.75) is 37.8 Å². The quantitative estimate of drug-likeness (QED) is 0.257. The number of hydrogen-bond donors (Lipinski definition) is 4. The number of aromatic nitrogens is 1. The zero-order valence-electron chi connectivity index (χ0n) is 21.4. The highest BCUT2D eigenvalue weighted by atomic mass is 32.1. The van der Waals surface area contributed by atoms with Gasteiger partial charge in [-0.1, -0.05) is 6.42 Å². The molecule has 12 heteroatoms. The van der Waals surface area contributed by atoms with Gasteiger partial charge in [0.2, 0.25) is 0 Å². The van der Waals surface area contributed by atoms with E-state index in [2.05, 4.69) is 31.6 Å². The van der Waals surface area contributed by atoms with Crippen LogP contribution in [0.1, 0.15) is 36.2 Å². The maximum Gasteiger partial charge on any atom is 0.269 e. The molecule has 4 aromatic rings. The lowest BCUT2D eigenvalue weighted by atomic mass is 9.91. The summed E-state index contributed by atoms with van der Waals surface area (Å²) >= 11 is 4.73. The predicted octanol–water partition coefficient (Wildman–Crippen LogP) is 4.09. The molecule has 1 aliphatic heterocycles. The number of nitrogens with zero attached hydrogens (tertiary/aromatic N) is 2. The van der Waals surface area contributed by atoms with Gasteiger partial charge >= 0.3 is 0 Å². The highest BCUT2D eigenvalue weighted by molar-refractivity contribution is 7.29. The Kier molecular flexibility index (Phi) is 7.54. The minimum Gasteiger partial charge on any atom is -0.378 e. The topological polar surface area (TPSA) is 137 Å². The fourth-order valence-electron chi connectivity index (χ4n) is 5.19. The van der Waals surface area contributed by atoms with Crippen LogP contribution in [-0.4, -0.2) is 49.3 Å². The number of hydrogen-bond acceptors (Lipinski definition) is 10. The molecular formula is C27H31N6O3S3+. The number of rotatable bonds is 7. The van der Waals surface area contributed by atoms with Gasteiger partial charge in [-0.05, 0) is 25.0 Å². The highest BCUT2D eigenvalue weighted by Gasteiger charge is 2.25. The Morgan fingerprint density at radius 2 is 1.90 bits per heavy atom. The number of carbonyl (C=O) groups is 1. The lowest BCUT2D eigenvalue weighted by Gasteiger charge is -2.28. The maximum atomic E-state index is 12.9. The Morgan fingerprint density at radius 1 is 1.08 bits per heavy atom. The number of ether oxygens (including phenoxy) is 1. The first-order chi connectivity index (χ1) is 19.0. The lowest BCUT2D eigenvalue weighted by molar-refractivity contribution is -0.427. The molecule has 0 aromatic carbocycles. The molecule has 204 valence electrons. The summed E-state index contributed by atoms with van der Waals surface area (Å²) in [5, 5.41) is 12.0. The molecule has 6 rings (SSSR count). The van der Waals surface area contributed by atoms with Crippen molar-refractivity contribution in [3.8, 4) is 10.4 Å². The number of fused-ring (bicyclic) bond motifs is 1. The summed E-state index contributed by atoms with van der Waals surface area (Å²) in [6, 6.07) is 6.31. The van der Waals surface area contributed by atoms with Gasteiger partial charge < -0.3 is 31.7 Å². The third-order valence-corrected chi connectivity index (χ3v) is 10.6. The molecule has 9 nitrogen and oxygen atoms in total. The van der Waals surface area contributed by atoms with E-state index in [1.54, 1.807) is 34.9 Å². The molecule has 2 atom stereocenters. The third kappa shape index (κ3) is 5.52. The van der Waals surface area contributed by atoms with Crippen LogP contribution < -0.4 is 32.4 Å². The average molecular weight is 584 g/mol. The molecule has 0 unspecified atom stereocenters. The van der Waals surface area contributed by atoms with Gasteiger partial charge in [0.1, 0.15) is 6.04 Å². The lowest BCUT2D eigenvalue weighted by Crippen LogP contribution is -2.68. The number of carbonyl (C=O) groups excluding carboxylic acids is 1. The van der Waals surface area contributed by atoms with Gasteiger partial charge in [-0.25, -0.2) is 4.98 Å². The smallest absolute Gasteiger partial charge is 0.269 e. The zero-order valence-corrected chi connectivity index (χ0v) is 23.9. The van der Waals surface area contributed by atoms with Gasteiger partial charge in [0.15, 0.2) is 11.1 Å². The van der Waals surface area contributed by atoms with Crippen LogP contribution in [0.15, 0.2) is 40.0 Å². The molecule has 0 bridgehead atoms. The number of nitrogens with two attached hydrogens (primary N) is 1. The van der Waals surface area contributed by atoms with Crippen molar-refractivity contribution >= 4 is 71.4 Å². The van der Waals surface area contributed by atoms with Crippen molar-refractivity contribution in [2.24, 2.45) is 5.73 Å². The van der Waals surface area contributed by atoms with Crippen LogP contribution in [0.3, 0.4) is 0 Å². The molecule has 39 heavy (non-hydrogen) atoms. The van der Waals surface area contributed by atoms with E-state index in [9.17, 15) is 9.59 Å². The normalized spacial score (nSPS) is 19.8. The van der Waals surface area contributed by atoms with E-state index in [4.69, 9.17) is 10.5 Å². The van der Waals surface area contributed by atoms with Crippen LogP contribution in [0.25, 0.3) is 19.8 Å². The van der Waals surface area contributed by atoms with Crippen LogP contribution in [-0.2, 0) is 4.74 Å². The number of quaternary nitrogens is 1. The number of morpholine rings is 1. The van der Waals surface area contributed by atoms with Crippen LogP contribution in [0.5, 0.6) is 0 Å². The van der Waals surface area contributed by atoms with E-state index in [1.807, 2.05) is 17.5 Å². The molecule has 5 heterocycles. The number of primary amides is 1. The minimum absolute atomic E-state index is 0.0559. The molecule has 7 N–H and O–H groups in total. The van der Waals surface area contributed by atoms with Gasteiger partial charge in [0, 0.05) is 52.5 Å². The van der Waals surface area contributed by atoms with Gasteiger partial charge in [0.05, 0.1) is 51.2 Å². The Bertz CT molecular complexity index is 1560. The van der Waals surface area contributed by atoms with Crippen LogP contribution >= 0.6 is 34.0 Å². The van der Waals surface area contributed by atoms with E-state index in [0.717, 1.165) is 62.1 Å². The number of thiophene rings is 2. The molecule has 0 spiro atoms. The van der Waals surface area contributed by atoms with E-state index >= 15 is 0 Å². The molecule has 0 radical (unpaired) electrons. The Hall–Kier alpha value is -3.03. The number of nitrogens with one attached hydrogen (secondary N) is 2. The molecule has 1 aliphatic carbocycles. The predicted molar refractivity (Wildman–Crippen MR) is 161 cm³/mol. The number of amides is 1. The molecule has 2 aliphatic rings. The second-order valence-electron chi connectivity index (χ2n) is 9.96. The van der Waals surface area contributed by atoms with Crippen LogP contribution in [0, 0.1) is 0 Å². The molecule has 1 saturated heterocycles. The minimum atomic E-state index is -0.587.